The van der Waals surface area contributed by atoms with E-state index in [2.05, 4.69) is 5.32 Å². The number of carbonyl (C=O) groups excluding carboxylic acids is 1. The maximum atomic E-state index is 11.6. The molecule has 1 aliphatic rings. The van der Waals surface area contributed by atoms with E-state index in [1.165, 1.54) is 0 Å². The molecule has 0 heterocycles. The number of nitrogens with one attached hydrogen (secondary N) is 1. The van der Waals surface area contributed by atoms with E-state index in [1.54, 1.807) is 0 Å². The Kier molecular flexibility index (Phi) is 6.28. The second-order valence-corrected chi connectivity index (χ2v) is 5.77. The topological polar surface area (TPSA) is 75.6 Å². The number of hydrogen-bond acceptors (Lipinski definition) is 3. The highest BCUT2D eigenvalue weighted by atomic mass is 16.5. The summed E-state index contributed by atoms with van der Waals surface area (Å²) in [6, 6.07) is 0. The summed E-state index contributed by atoms with van der Waals surface area (Å²) < 4.78 is 5.23. The summed E-state index contributed by atoms with van der Waals surface area (Å²) >= 11 is 0. The summed E-state index contributed by atoms with van der Waals surface area (Å²) in [7, 11) is 0. The van der Waals surface area contributed by atoms with E-state index in [-0.39, 0.29) is 30.5 Å². The molecule has 110 valence electrons. The van der Waals surface area contributed by atoms with Gasteiger partial charge in [0.25, 0.3) is 0 Å². The lowest BCUT2D eigenvalue weighted by Crippen LogP contribution is -2.41. The molecule has 5 heteroatoms. The van der Waals surface area contributed by atoms with Gasteiger partial charge in [0.1, 0.15) is 6.61 Å². The van der Waals surface area contributed by atoms with Crippen LogP contribution in [0.3, 0.4) is 0 Å². The fourth-order valence-corrected chi connectivity index (χ4v) is 2.62. The van der Waals surface area contributed by atoms with Gasteiger partial charge in [-0.05, 0) is 32.1 Å². The minimum Gasteiger partial charge on any atom is -0.481 e. The molecule has 0 aromatic rings. The molecule has 0 unspecified atom stereocenters. The first-order chi connectivity index (χ1) is 8.93. The number of carboxylic acid groups (broad SMARTS) is 1. The van der Waals surface area contributed by atoms with E-state index < -0.39 is 5.97 Å². The van der Waals surface area contributed by atoms with E-state index in [0.29, 0.717) is 6.54 Å². The van der Waals surface area contributed by atoms with Crippen LogP contribution in [-0.4, -0.2) is 36.2 Å². The van der Waals surface area contributed by atoms with Crippen LogP contribution in [0.15, 0.2) is 0 Å². The third kappa shape index (κ3) is 6.05. The number of rotatable bonds is 7. The molecule has 0 radical (unpaired) electrons. The molecular weight excluding hydrogens is 246 g/mol. The molecule has 1 amide bonds. The minimum absolute atomic E-state index is 0.0217. The first-order valence-electron chi connectivity index (χ1n) is 7.04. The van der Waals surface area contributed by atoms with Crippen LogP contribution < -0.4 is 5.32 Å². The zero-order valence-corrected chi connectivity index (χ0v) is 11.9. The molecule has 0 aromatic heterocycles. The van der Waals surface area contributed by atoms with Crippen LogP contribution in [0.2, 0.25) is 0 Å². The third-order valence-corrected chi connectivity index (χ3v) is 3.65. The predicted octanol–water partition coefficient (Wildman–Crippen LogP) is 1.95. The van der Waals surface area contributed by atoms with E-state index in [4.69, 9.17) is 9.84 Å². The Labute approximate surface area is 114 Å². The van der Waals surface area contributed by atoms with Crippen molar-refractivity contribution in [2.45, 2.75) is 58.5 Å². The van der Waals surface area contributed by atoms with Crippen molar-refractivity contribution in [1.29, 1.82) is 0 Å². The molecule has 0 saturated heterocycles. The van der Waals surface area contributed by atoms with Gasteiger partial charge in [0.2, 0.25) is 5.91 Å². The monoisotopic (exact) mass is 271 g/mol. The summed E-state index contributed by atoms with van der Waals surface area (Å²) in [5.41, 5.74) is -0.266. The molecule has 19 heavy (non-hydrogen) atoms. The normalized spacial score (nSPS) is 18.3. The molecule has 5 nitrogen and oxygen atoms in total. The van der Waals surface area contributed by atoms with E-state index >= 15 is 0 Å². The van der Waals surface area contributed by atoms with Gasteiger partial charge in [0, 0.05) is 6.54 Å². The molecule has 0 aliphatic heterocycles. The molecule has 0 aromatic carbocycles. The van der Waals surface area contributed by atoms with E-state index in [9.17, 15) is 9.59 Å². The van der Waals surface area contributed by atoms with Crippen LogP contribution in [0.25, 0.3) is 0 Å². The molecule has 1 rings (SSSR count). The Bertz CT molecular complexity index is 309. The Morgan fingerprint density at radius 3 is 2.42 bits per heavy atom. The van der Waals surface area contributed by atoms with Crippen LogP contribution in [-0.2, 0) is 14.3 Å². The molecule has 1 fully saturated rings. The minimum atomic E-state index is -0.783. The summed E-state index contributed by atoms with van der Waals surface area (Å²) in [5, 5.41) is 11.9. The highest BCUT2D eigenvalue weighted by Gasteiger charge is 2.34. The lowest BCUT2D eigenvalue weighted by molar-refractivity contribution is -0.141. The van der Waals surface area contributed by atoms with Crippen molar-refractivity contribution in [3.63, 3.8) is 0 Å². The number of hydrogen-bond donors (Lipinski definition) is 2. The second kappa shape index (κ2) is 7.48. The van der Waals surface area contributed by atoms with Crippen molar-refractivity contribution in [3.8, 4) is 0 Å². The van der Waals surface area contributed by atoms with Gasteiger partial charge < -0.3 is 15.2 Å². The zero-order chi connectivity index (χ0) is 14.3. The van der Waals surface area contributed by atoms with E-state index in [1.807, 2.05) is 13.8 Å². The second-order valence-electron chi connectivity index (χ2n) is 5.77. The molecule has 1 aliphatic carbocycles. The van der Waals surface area contributed by atoms with Crippen LogP contribution in [0.1, 0.15) is 52.4 Å². The predicted molar refractivity (Wildman–Crippen MR) is 71.9 cm³/mol. The Balaban J connectivity index is 2.44. The largest absolute Gasteiger partial charge is 0.481 e. The summed E-state index contributed by atoms with van der Waals surface area (Å²) in [6.07, 6.45) is 5.17. The van der Waals surface area contributed by atoms with Crippen molar-refractivity contribution in [2.75, 3.05) is 13.2 Å². The van der Waals surface area contributed by atoms with Crippen molar-refractivity contribution in [2.24, 2.45) is 5.41 Å². The van der Waals surface area contributed by atoms with Gasteiger partial charge in [-0.3, -0.25) is 9.59 Å². The average molecular weight is 271 g/mol. The van der Waals surface area contributed by atoms with Crippen LogP contribution in [0, 0.1) is 5.41 Å². The first-order valence-corrected chi connectivity index (χ1v) is 7.04. The summed E-state index contributed by atoms with van der Waals surface area (Å²) in [5.74, 6) is -0.946. The lowest BCUT2D eigenvalue weighted by Gasteiger charge is -2.36. The standard InChI is InChI=1S/C14H25NO4/c1-11(2)19-9-12(16)15-10-14(8-13(17)18)6-4-3-5-7-14/h11H,3-10H2,1-2H3,(H,15,16)(H,17,18). The SMILES string of the molecule is CC(C)OCC(=O)NCC1(CC(=O)O)CCCCC1. The molecule has 2 N–H and O–H groups in total. The fourth-order valence-electron chi connectivity index (χ4n) is 2.62. The summed E-state index contributed by atoms with van der Waals surface area (Å²) in [4.78, 5) is 22.6. The van der Waals surface area contributed by atoms with Gasteiger partial charge in [-0.15, -0.1) is 0 Å². The number of ether oxygens (including phenoxy) is 1. The lowest BCUT2D eigenvalue weighted by atomic mass is 9.71. The molecule has 0 bridgehead atoms. The van der Waals surface area contributed by atoms with Crippen molar-refractivity contribution < 1.29 is 19.4 Å². The smallest absolute Gasteiger partial charge is 0.303 e. The Morgan fingerprint density at radius 1 is 1.26 bits per heavy atom. The number of aliphatic carboxylic acids is 1. The van der Waals surface area contributed by atoms with Crippen molar-refractivity contribution in [1.82, 2.24) is 5.32 Å². The maximum absolute atomic E-state index is 11.6. The molecular formula is C14H25NO4. The third-order valence-electron chi connectivity index (χ3n) is 3.65. The van der Waals surface area contributed by atoms with Gasteiger partial charge in [-0.2, -0.15) is 0 Å². The van der Waals surface area contributed by atoms with Gasteiger partial charge in [-0.25, -0.2) is 0 Å². The Hall–Kier alpha value is -1.10. The van der Waals surface area contributed by atoms with Crippen molar-refractivity contribution in [3.05, 3.63) is 0 Å². The molecule has 1 saturated carbocycles. The first kappa shape index (κ1) is 16.0. The van der Waals surface area contributed by atoms with Gasteiger partial charge >= 0.3 is 5.97 Å². The highest BCUT2D eigenvalue weighted by molar-refractivity contribution is 5.77. The van der Waals surface area contributed by atoms with Gasteiger partial charge in [0.15, 0.2) is 0 Å². The molecule has 0 atom stereocenters. The number of carboxylic acids is 1. The van der Waals surface area contributed by atoms with Gasteiger partial charge in [0.05, 0.1) is 12.5 Å². The van der Waals surface area contributed by atoms with Gasteiger partial charge in [-0.1, -0.05) is 19.3 Å². The summed E-state index contributed by atoms with van der Waals surface area (Å²) in [6.45, 7) is 4.24. The highest BCUT2D eigenvalue weighted by Crippen LogP contribution is 2.38. The quantitative estimate of drug-likeness (QED) is 0.742. The number of amides is 1. The number of carbonyl (C=O) groups is 2. The average Bonchev–Trinajstić information content (AvgIpc) is 2.34. The Morgan fingerprint density at radius 2 is 1.89 bits per heavy atom. The van der Waals surface area contributed by atoms with Crippen LogP contribution >= 0.6 is 0 Å². The van der Waals surface area contributed by atoms with Crippen molar-refractivity contribution >= 4 is 11.9 Å². The maximum Gasteiger partial charge on any atom is 0.303 e. The van der Waals surface area contributed by atoms with Crippen LogP contribution in [0.4, 0.5) is 0 Å². The zero-order valence-electron chi connectivity index (χ0n) is 11.9. The van der Waals surface area contributed by atoms with E-state index in [0.717, 1.165) is 32.1 Å². The molecule has 0 spiro atoms. The van der Waals surface area contributed by atoms with Crippen LogP contribution in [0.5, 0.6) is 0 Å². The fraction of sp³-hybridized carbons (Fsp3) is 0.857.